The van der Waals surface area contributed by atoms with Crippen LogP contribution in [0.5, 0.6) is 0 Å². The Morgan fingerprint density at radius 1 is 1.33 bits per heavy atom. The van der Waals surface area contributed by atoms with Crippen LogP contribution in [0.15, 0.2) is 24.4 Å². The lowest BCUT2D eigenvalue weighted by atomic mass is 9.43. The van der Waals surface area contributed by atoms with E-state index in [1.165, 1.54) is 6.42 Å². The molecule has 5 atom stereocenters. The third-order valence-corrected chi connectivity index (χ3v) is 7.24. The molecule has 1 aromatic rings. The summed E-state index contributed by atoms with van der Waals surface area (Å²) < 4.78 is 13.0. The van der Waals surface area contributed by atoms with Crippen LogP contribution in [0.4, 0.5) is 0 Å². The van der Waals surface area contributed by atoms with E-state index in [2.05, 4.69) is 44.9 Å². The van der Waals surface area contributed by atoms with Crippen LogP contribution in [-0.2, 0) is 9.31 Å². The van der Waals surface area contributed by atoms with Crippen molar-refractivity contribution in [2.75, 3.05) is 0 Å². The van der Waals surface area contributed by atoms with Crippen molar-refractivity contribution in [3.05, 3.63) is 30.1 Å². The third-order valence-electron chi connectivity index (χ3n) is 7.24. The van der Waals surface area contributed by atoms with E-state index in [4.69, 9.17) is 9.31 Å². The lowest BCUT2D eigenvalue weighted by Gasteiger charge is -2.64. The largest absolute Gasteiger partial charge is 0.481 e. The summed E-state index contributed by atoms with van der Waals surface area (Å²) in [5, 5.41) is 3.13. The van der Waals surface area contributed by atoms with E-state index < -0.39 is 7.12 Å². The van der Waals surface area contributed by atoms with E-state index in [1.54, 1.807) is 12.3 Å². The Morgan fingerprint density at radius 2 is 2.11 bits per heavy atom. The van der Waals surface area contributed by atoms with Crippen LogP contribution in [0.1, 0.15) is 64.4 Å². The predicted molar refractivity (Wildman–Crippen MR) is 105 cm³/mol. The summed E-state index contributed by atoms with van der Waals surface area (Å²) >= 11 is 0. The summed E-state index contributed by atoms with van der Waals surface area (Å²) in [5.41, 5.74) is 0.485. The molecule has 1 saturated heterocycles. The second-order valence-electron chi connectivity index (χ2n) is 9.76. The monoisotopic (exact) mass is 370 g/mol. The lowest BCUT2D eigenvalue weighted by molar-refractivity contribution is -0.199. The Morgan fingerprint density at radius 3 is 2.74 bits per heavy atom. The predicted octanol–water partition coefficient (Wildman–Crippen LogP) is 3.49. The molecule has 0 aromatic carbocycles. The van der Waals surface area contributed by atoms with E-state index >= 15 is 0 Å². The van der Waals surface area contributed by atoms with Gasteiger partial charge in [-0.25, -0.2) is 0 Å². The van der Waals surface area contributed by atoms with Gasteiger partial charge in [0.1, 0.15) is 5.69 Å². The number of carbonyl (C=O) groups excluding carboxylic acids is 1. The average Bonchev–Trinajstić information content (AvgIpc) is 2.98. The smallest absolute Gasteiger partial charge is 0.404 e. The van der Waals surface area contributed by atoms with Gasteiger partial charge in [-0.1, -0.05) is 33.8 Å². The Balaban J connectivity index is 1.51. The molecular weight excluding hydrogens is 339 g/mol. The number of aromatic nitrogens is 1. The summed E-state index contributed by atoms with van der Waals surface area (Å²) in [7, 11) is -0.398. The molecule has 146 valence electrons. The van der Waals surface area contributed by atoms with Crippen molar-refractivity contribution in [2.45, 2.75) is 71.5 Å². The van der Waals surface area contributed by atoms with Crippen LogP contribution in [0, 0.1) is 23.2 Å². The summed E-state index contributed by atoms with van der Waals surface area (Å²) in [4.78, 5) is 16.8. The van der Waals surface area contributed by atoms with Gasteiger partial charge in [-0.2, -0.15) is 0 Å². The molecule has 2 bridgehead atoms. The summed E-state index contributed by atoms with van der Waals surface area (Å²) in [6.45, 7) is 11.2. The molecule has 27 heavy (non-hydrogen) atoms. The maximum atomic E-state index is 12.7. The van der Waals surface area contributed by atoms with E-state index in [1.807, 2.05) is 12.1 Å². The molecule has 1 N–H and O–H groups in total. The Bertz CT molecular complexity index is 711. The fraction of sp³-hybridized carbons (Fsp3) is 0.714. The second-order valence-corrected chi connectivity index (χ2v) is 9.76. The number of rotatable bonds is 5. The van der Waals surface area contributed by atoms with Gasteiger partial charge in [0.2, 0.25) is 0 Å². The van der Waals surface area contributed by atoms with Crippen LogP contribution in [0.3, 0.4) is 0 Å². The quantitative estimate of drug-likeness (QED) is 0.806. The van der Waals surface area contributed by atoms with Crippen molar-refractivity contribution in [3.63, 3.8) is 0 Å². The number of pyridine rings is 1. The van der Waals surface area contributed by atoms with Crippen LogP contribution < -0.4 is 5.32 Å². The third kappa shape index (κ3) is 3.11. The number of nitrogens with zero attached hydrogens (tertiary/aromatic N) is 1. The number of carbonyl (C=O) groups is 1. The number of nitrogens with one attached hydrogen (secondary N) is 1. The molecule has 0 spiro atoms. The Hall–Kier alpha value is -1.40. The van der Waals surface area contributed by atoms with Crippen LogP contribution in [0.25, 0.3) is 0 Å². The topological polar surface area (TPSA) is 60.5 Å². The van der Waals surface area contributed by atoms with Crippen molar-refractivity contribution in [1.29, 1.82) is 0 Å². The first kappa shape index (κ1) is 18.9. The van der Waals surface area contributed by atoms with Gasteiger partial charge in [-0.3, -0.25) is 9.78 Å². The van der Waals surface area contributed by atoms with Gasteiger partial charge >= 0.3 is 7.12 Å². The molecule has 2 heterocycles. The van der Waals surface area contributed by atoms with Gasteiger partial charge in [-0.05, 0) is 61.5 Å². The average molecular weight is 370 g/mol. The molecule has 5 rings (SSSR count). The summed E-state index contributed by atoms with van der Waals surface area (Å²) in [5.74, 6) is 1.31. The molecule has 4 aliphatic rings. The highest BCUT2D eigenvalue weighted by atomic mass is 16.7. The van der Waals surface area contributed by atoms with Gasteiger partial charge in [0.05, 0.1) is 17.6 Å². The van der Waals surface area contributed by atoms with Gasteiger partial charge in [0.15, 0.2) is 0 Å². The van der Waals surface area contributed by atoms with Crippen molar-refractivity contribution >= 4 is 13.0 Å². The number of amides is 1. The van der Waals surface area contributed by atoms with Crippen molar-refractivity contribution < 1.29 is 14.1 Å². The molecule has 0 radical (unpaired) electrons. The highest BCUT2D eigenvalue weighted by Gasteiger charge is 2.68. The first-order chi connectivity index (χ1) is 12.7. The Kier molecular flexibility index (Phi) is 4.63. The molecule has 6 heteroatoms. The molecule has 1 aromatic heterocycles. The van der Waals surface area contributed by atoms with E-state index in [9.17, 15) is 4.79 Å². The minimum atomic E-state index is -0.398. The molecule has 1 aliphatic heterocycles. The minimum absolute atomic E-state index is 0.126. The maximum Gasteiger partial charge on any atom is 0.481 e. The van der Waals surface area contributed by atoms with Crippen molar-refractivity contribution in [3.8, 4) is 0 Å². The fourth-order valence-electron chi connectivity index (χ4n) is 5.56. The fourth-order valence-corrected chi connectivity index (χ4v) is 5.56. The van der Waals surface area contributed by atoms with Crippen molar-refractivity contribution in [2.24, 2.45) is 23.2 Å². The molecule has 1 amide bonds. The van der Waals surface area contributed by atoms with E-state index in [0.29, 0.717) is 22.9 Å². The molecule has 4 fully saturated rings. The van der Waals surface area contributed by atoms with E-state index in [0.717, 1.165) is 18.8 Å². The zero-order chi connectivity index (χ0) is 19.4. The Labute approximate surface area is 162 Å². The SMILES string of the molecule is CC(C)C[C@H](NC(=O)c1ccccn1)B1O[C@@H]2CC3CC(C3(C)C)[C@]2(C)O1. The first-order valence-electron chi connectivity index (χ1n) is 10.3. The van der Waals surface area contributed by atoms with Crippen LogP contribution >= 0.6 is 0 Å². The summed E-state index contributed by atoms with van der Waals surface area (Å²) in [6.07, 6.45) is 4.86. The van der Waals surface area contributed by atoms with Gasteiger partial charge in [0, 0.05) is 6.20 Å². The first-order valence-corrected chi connectivity index (χ1v) is 10.3. The zero-order valence-corrected chi connectivity index (χ0v) is 17.1. The van der Waals surface area contributed by atoms with Gasteiger partial charge in [0.25, 0.3) is 5.91 Å². The molecule has 2 unspecified atom stereocenters. The lowest BCUT2D eigenvalue weighted by Crippen LogP contribution is -2.65. The highest BCUT2D eigenvalue weighted by molar-refractivity contribution is 6.48. The zero-order valence-electron chi connectivity index (χ0n) is 17.1. The molecule has 3 saturated carbocycles. The summed E-state index contributed by atoms with van der Waals surface area (Å²) in [6, 6.07) is 5.37. The van der Waals surface area contributed by atoms with Gasteiger partial charge < -0.3 is 14.6 Å². The van der Waals surface area contributed by atoms with Gasteiger partial charge in [-0.15, -0.1) is 0 Å². The minimum Gasteiger partial charge on any atom is -0.404 e. The normalized spacial score (nSPS) is 34.7. The van der Waals surface area contributed by atoms with E-state index in [-0.39, 0.29) is 23.6 Å². The standard InChI is InChI=1S/C21H31BN2O3/c1-13(2)10-18(24-19(25)15-8-6-7-9-23-15)22-26-17-12-14-11-16(20(14,3)4)21(17,5)27-22/h6-9,13-14,16-18H,10-12H2,1-5H3,(H,24,25)/t14?,16?,17-,18+,21+/m1/s1. The van der Waals surface area contributed by atoms with Crippen LogP contribution in [0.2, 0.25) is 0 Å². The number of hydrogen-bond acceptors (Lipinski definition) is 4. The van der Waals surface area contributed by atoms with Crippen LogP contribution in [-0.4, -0.2) is 35.7 Å². The molecule has 3 aliphatic carbocycles. The second kappa shape index (κ2) is 6.59. The molecular formula is C21H31BN2O3. The molecule has 5 nitrogen and oxygen atoms in total. The highest BCUT2D eigenvalue weighted by Crippen LogP contribution is 2.65. The number of hydrogen-bond donors (Lipinski definition) is 1. The van der Waals surface area contributed by atoms with Crippen molar-refractivity contribution in [1.82, 2.24) is 10.3 Å². The maximum absolute atomic E-state index is 12.7.